The second-order valence-electron chi connectivity index (χ2n) is 7.12. The van der Waals surface area contributed by atoms with Gasteiger partial charge in [-0.25, -0.2) is 4.79 Å². The summed E-state index contributed by atoms with van der Waals surface area (Å²) >= 11 is 0. The van der Waals surface area contributed by atoms with Gasteiger partial charge in [0, 0.05) is 39.3 Å². The van der Waals surface area contributed by atoms with Gasteiger partial charge in [0.25, 0.3) is 0 Å². The average molecular weight is 380 g/mol. The summed E-state index contributed by atoms with van der Waals surface area (Å²) in [6.45, 7) is 6.12. The zero-order chi connectivity index (χ0) is 19.8. The lowest BCUT2D eigenvalue weighted by Gasteiger charge is -2.36. The number of benzene rings is 2. The van der Waals surface area contributed by atoms with Crippen molar-refractivity contribution in [3.05, 3.63) is 71.8 Å². The summed E-state index contributed by atoms with van der Waals surface area (Å²) in [5.74, 6) is -0.0331. The molecule has 0 unspecified atom stereocenters. The Balaban J connectivity index is 1.39. The van der Waals surface area contributed by atoms with E-state index >= 15 is 0 Å². The molecule has 0 aliphatic carbocycles. The van der Waals surface area contributed by atoms with E-state index in [0.717, 1.165) is 25.2 Å². The third-order valence-corrected chi connectivity index (χ3v) is 4.95. The highest BCUT2D eigenvalue weighted by molar-refractivity contribution is 5.86. The zero-order valence-corrected chi connectivity index (χ0v) is 16.3. The van der Waals surface area contributed by atoms with Gasteiger partial charge in [-0.1, -0.05) is 60.7 Å². The molecule has 0 saturated carbocycles. The van der Waals surface area contributed by atoms with Crippen molar-refractivity contribution in [2.75, 3.05) is 26.2 Å². The lowest BCUT2D eigenvalue weighted by Crippen LogP contribution is -2.54. The van der Waals surface area contributed by atoms with Crippen LogP contribution < -0.4 is 10.6 Å². The van der Waals surface area contributed by atoms with Crippen LogP contribution in [0.4, 0.5) is 4.79 Å². The van der Waals surface area contributed by atoms with Gasteiger partial charge in [-0.05, 0) is 18.1 Å². The minimum absolute atomic E-state index is 0.0331. The van der Waals surface area contributed by atoms with Gasteiger partial charge in [0.15, 0.2) is 0 Å². The second kappa shape index (κ2) is 9.90. The van der Waals surface area contributed by atoms with E-state index in [4.69, 9.17) is 0 Å². The van der Waals surface area contributed by atoms with E-state index in [-0.39, 0.29) is 11.9 Å². The van der Waals surface area contributed by atoms with Crippen molar-refractivity contribution in [3.8, 4) is 0 Å². The minimum atomic E-state index is -0.545. The molecule has 0 radical (unpaired) electrons. The van der Waals surface area contributed by atoms with Crippen molar-refractivity contribution in [1.29, 1.82) is 0 Å². The average Bonchev–Trinajstić information content (AvgIpc) is 2.74. The molecule has 1 fully saturated rings. The number of amides is 3. The Labute approximate surface area is 166 Å². The first-order valence-electron chi connectivity index (χ1n) is 9.75. The summed E-state index contributed by atoms with van der Waals surface area (Å²) in [7, 11) is 0. The van der Waals surface area contributed by atoms with E-state index < -0.39 is 6.04 Å². The fraction of sp³-hybridized carbons (Fsp3) is 0.364. The molecule has 1 aliphatic rings. The highest BCUT2D eigenvalue weighted by Gasteiger charge is 2.25. The molecular formula is C22H28N4O2. The molecule has 2 N–H and O–H groups in total. The molecule has 1 saturated heterocycles. The van der Waals surface area contributed by atoms with Crippen LogP contribution in [0.5, 0.6) is 0 Å². The van der Waals surface area contributed by atoms with E-state index in [1.807, 2.05) is 53.4 Å². The summed E-state index contributed by atoms with van der Waals surface area (Å²) in [6, 6.07) is 19.2. The minimum Gasteiger partial charge on any atom is -0.338 e. The van der Waals surface area contributed by atoms with Gasteiger partial charge in [-0.15, -0.1) is 0 Å². The third-order valence-electron chi connectivity index (χ3n) is 4.95. The summed E-state index contributed by atoms with van der Waals surface area (Å²) < 4.78 is 0. The molecule has 6 heteroatoms. The quantitative estimate of drug-likeness (QED) is 0.808. The van der Waals surface area contributed by atoms with Crippen LogP contribution in [0, 0.1) is 0 Å². The molecule has 3 amide bonds. The van der Waals surface area contributed by atoms with Crippen LogP contribution in [-0.2, 0) is 17.9 Å². The second-order valence-corrected chi connectivity index (χ2v) is 7.12. The van der Waals surface area contributed by atoms with Crippen LogP contribution in [0.25, 0.3) is 0 Å². The third kappa shape index (κ3) is 5.82. The summed E-state index contributed by atoms with van der Waals surface area (Å²) in [5, 5.41) is 5.54. The number of rotatable bonds is 6. The van der Waals surface area contributed by atoms with Crippen molar-refractivity contribution in [2.45, 2.75) is 26.1 Å². The van der Waals surface area contributed by atoms with Crippen molar-refractivity contribution in [1.82, 2.24) is 20.4 Å². The standard InChI is InChI=1S/C22H28N4O2/c1-18(24-22(28)23-16-19-8-4-2-5-9-19)21(27)26-14-12-25(13-15-26)17-20-10-6-3-7-11-20/h2-11,18H,12-17H2,1H3,(H2,23,24,28)/t18-/m0/s1. The maximum atomic E-state index is 12.6. The number of carbonyl (C=O) groups is 2. The van der Waals surface area contributed by atoms with Gasteiger partial charge in [-0.2, -0.15) is 0 Å². The highest BCUT2D eigenvalue weighted by Crippen LogP contribution is 2.09. The Morgan fingerprint density at radius 2 is 1.46 bits per heavy atom. The van der Waals surface area contributed by atoms with E-state index in [1.54, 1.807) is 6.92 Å². The Bertz CT molecular complexity index is 759. The predicted octanol–water partition coefficient (Wildman–Crippen LogP) is 2.22. The number of nitrogens with one attached hydrogen (secondary N) is 2. The molecule has 6 nitrogen and oxygen atoms in total. The molecule has 2 aromatic rings. The van der Waals surface area contributed by atoms with Gasteiger partial charge in [0.1, 0.15) is 6.04 Å². The van der Waals surface area contributed by atoms with Gasteiger partial charge >= 0.3 is 6.03 Å². The van der Waals surface area contributed by atoms with Crippen molar-refractivity contribution in [3.63, 3.8) is 0 Å². The number of urea groups is 1. The van der Waals surface area contributed by atoms with Crippen LogP contribution in [-0.4, -0.2) is 54.0 Å². The number of hydrogen-bond acceptors (Lipinski definition) is 3. The first kappa shape index (κ1) is 19.9. The van der Waals surface area contributed by atoms with Crippen LogP contribution in [0.15, 0.2) is 60.7 Å². The Hall–Kier alpha value is -2.86. The maximum absolute atomic E-state index is 12.6. The first-order valence-corrected chi connectivity index (χ1v) is 9.75. The Kier molecular flexibility index (Phi) is 7.03. The van der Waals surface area contributed by atoms with Crippen LogP contribution in [0.2, 0.25) is 0 Å². The maximum Gasteiger partial charge on any atom is 0.315 e. The molecule has 0 spiro atoms. The molecule has 148 valence electrons. The lowest BCUT2D eigenvalue weighted by atomic mass is 10.2. The number of hydrogen-bond donors (Lipinski definition) is 2. The first-order chi connectivity index (χ1) is 13.6. The molecule has 0 bridgehead atoms. The Morgan fingerprint density at radius 1 is 0.893 bits per heavy atom. The molecule has 0 aromatic heterocycles. The van der Waals surface area contributed by atoms with Crippen molar-refractivity contribution >= 4 is 11.9 Å². The topological polar surface area (TPSA) is 64.7 Å². The number of nitrogens with zero attached hydrogens (tertiary/aromatic N) is 2. The van der Waals surface area contributed by atoms with Crippen molar-refractivity contribution < 1.29 is 9.59 Å². The summed E-state index contributed by atoms with van der Waals surface area (Å²) in [4.78, 5) is 28.9. The summed E-state index contributed by atoms with van der Waals surface area (Å²) in [6.07, 6.45) is 0. The zero-order valence-electron chi connectivity index (χ0n) is 16.3. The molecule has 1 aliphatic heterocycles. The molecular weight excluding hydrogens is 352 g/mol. The molecule has 28 heavy (non-hydrogen) atoms. The van der Waals surface area contributed by atoms with E-state index in [0.29, 0.717) is 19.6 Å². The SMILES string of the molecule is C[C@H](NC(=O)NCc1ccccc1)C(=O)N1CCN(Cc2ccccc2)CC1. The normalized spacial score (nSPS) is 15.7. The van der Waals surface area contributed by atoms with Gasteiger partial charge in [0.2, 0.25) is 5.91 Å². The van der Waals surface area contributed by atoms with Crippen molar-refractivity contribution in [2.24, 2.45) is 0 Å². The molecule has 1 atom stereocenters. The molecule has 2 aromatic carbocycles. The predicted molar refractivity (Wildman–Crippen MR) is 110 cm³/mol. The molecule has 1 heterocycles. The van der Waals surface area contributed by atoms with Gasteiger partial charge in [0.05, 0.1) is 0 Å². The number of carbonyl (C=O) groups excluding carboxylic acids is 2. The largest absolute Gasteiger partial charge is 0.338 e. The van der Waals surface area contributed by atoms with Crippen LogP contribution in [0.3, 0.4) is 0 Å². The fourth-order valence-electron chi connectivity index (χ4n) is 3.33. The highest BCUT2D eigenvalue weighted by atomic mass is 16.2. The van der Waals surface area contributed by atoms with E-state index in [1.165, 1.54) is 5.56 Å². The smallest absolute Gasteiger partial charge is 0.315 e. The lowest BCUT2D eigenvalue weighted by molar-refractivity contribution is -0.134. The van der Waals surface area contributed by atoms with Gasteiger partial charge in [-0.3, -0.25) is 9.69 Å². The van der Waals surface area contributed by atoms with Gasteiger partial charge < -0.3 is 15.5 Å². The molecule has 3 rings (SSSR count). The monoisotopic (exact) mass is 380 g/mol. The van der Waals surface area contributed by atoms with Crippen LogP contribution >= 0.6 is 0 Å². The van der Waals surface area contributed by atoms with E-state index in [2.05, 4.69) is 27.7 Å². The fourth-order valence-corrected chi connectivity index (χ4v) is 3.33. The number of piperazine rings is 1. The van der Waals surface area contributed by atoms with Crippen LogP contribution in [0.1, 0.15) is 18.1 Å². The van der Waals surface area contributed by atoms with E-state index in [9.17, 15) is 9.59 Å². The Morgan fingerprint density at radius 3 is 2.07 bits per heavy atom. The summed E-state index contributed by atoms with van der Waals surface area (Å²) in [5.41, 5.74) is 2.30.